The van der Waals surface area contributed by atoms with E-state index in [1.54, 1.807) is 17.0 Å². The van der Waals surface area contributed by atoms with E-state index >= 15 is 0 Å². The lowest BCUT2D eigenvalue weighted by Gasteiger charge is -2.36. The molecule has 2 aliphatic heterocycles. The molecule has 8 heteroatoms. The number of aromatic nitrogens is 1. The average Bonchev–Trinajstić information content (AvgIpc) is 3.11. The van der Waals surface area contributed by atoms with Crippen molar-refractivity contribution >= 4 is 35.9 Å². The number of hydrogen-bond donors (Lipinski definition) is 0. The molecule has 31 heavy (non-hydrogen) atoms. The number of benzene rings is 1. The molecule has 1 unspecified atom stereocenters. The Kier molecular flexibility index (Phi) is 7.05. The number of hydrogen-bond acceptors (Lipinski definition) is 5. The van der Waals surface area contributed by atoms with Gasteiger partial charge in [-0.3, -0.25) is 9.69 Å². The van der Waals surface area contributed by atoms with Gasteiger partial charge in [0.05, 0.1) is 6.04 Å². The van der Waals surface area contributed by atoms with E-state index in [1.807, 2.05) is 30.2 Å². The van der Waals surface area contributed by atoms with Crippen LogP contribution in [0.5, 0.6) is 0 Å². The van der Waals surface area contributed by atoms with Gasteiger partial charge in [0, 0.05) is 43.6 Å². The Hall–Kier alpha value is -2.80. The summed E-state index contributed by atoms with van der Waals surface area (Å²) in [4.78, 5) is 35.3. The number of carbonyl (C=O) groups excluding carboxylic acids is 2. The molecule has 0 N–H and O–H groups in total. The van der Waals surface area contributed by atoms with E-state index in [4.69, 9.17) is 4.74 Å². The summed E-state index contributed by atoms with van der Waals surface area (Å²) in [6.45, 7) is 9.39. The third-order valence-electron chi connectivity index (χ3n) is 5.80. The van der Waals surface area contributed by atoms with Crippen molar-refractivity contribution in [2.24, 2.45) is 0 Å². The van der Waals surface area contributed by atoms with E-state index in [9.17, 15) is 9.59 Å². The van der Waals surface area contributed by atoms with Gasteiger partial charge >= 0.3 is 6.09 Å². The highest BCUT2D eigenvalue weighted by atomic mass is 35.5. The Morgan fingerprint density at radius 3 is 2.42 bits per heavy atom. The molecule has 2 aliphatic rings. The number of amides is 2. The Balaban J connectivity index is 0.00000272. The van der Waals surface area contributed by atoms with Gasteiger partial charge in [-0.25, -0.2) is 9.78 Å². The number of nitrogens with zero attached hydrogens (tertiary/aromatic N) is 4. The van der Waals surface area contributed by atoms with Crippen LogP contribution < -0.4 is 9.80 Å². The van der Waals surface area contributed by atoms with Crippen molar-refractivity contribution in [3.05, 3.63) is 53.2 Å². The molecule has 1 atom stereocenters. The zero-order valence-electron chi connectivity index (χ0n) is 18.2. The number of piperazine rings is 1. The largest absolute Gasteiger partial charge is 0.447 e. The number of aryl methyl sites for hydroxylation is 2. The fourth-order valence-electron chi connectivity index (χ4n) is 4.11. The van der Waals surface area contributed by atoms with Crippen molar-refractivity contribution in [3.8, 4) is 0 Å². The Bertz CT molecular complexity index is 942. The lowest BCUT2D eigenvalue weighted by atomic mass is 10.1. The van der Waals surface area contributed by atoms with Gasteiger partial charge in [-0.15, -0.1) is 12.4 Å². The maximum absolute atomic E-state index is 13.0. The first-order valence-corrected chi connectivity index (χ1v) is 10.5. The predicted molar refractivity (Wildman–Crippen MR) is 123 cm³/mol. The van der Waals surface area contributed by atoms with Crippen LogP contribution in [0.25, 0.3) is 0 Å². The molecule has 7 nitrogen and oxygen atoms in total. The first-order chi connectivity index (χ1) is 14.5. The minimum atomic E-state index is -0.339. The van der Waals surface area contributed by atoms with Gasteiger partial charge < -0.3 is 14.5 Å². The van der Waals surface area contributed by atoms with Crippen molar-refractivity contribution in [1.82, 2.24) is 9.88 Å². The van der Waals surface area contributed by atoms with Crippen LogP contribution in [-0.4, -0.2) is 60.7 Å². The summed E-state index contributed by atoms with van der Waals surface area (Å²) in [6, 6.07) is 9.40. The van der Waals surface area contributed by atoms with Gasteiger partial charge in [-0.1, -0.05) is 13.0 Å². The number of pyridine rings is 1. The summed E-state index contributed by atoms with van der Waals surface area (Å²) in [5.41, 5.74) is 3.81. The molecule has 3 heterocycles. The van der Waals surface area contributed by atoms with Gasteiger partial charge in [0.2, 0.25) is 0 Å². The van der Waals surface area contributed by atoms with E-state index in [1.165, 1.54) is 11.1 Å². The molecule has 4 rings (SSSR count). The van der Waals surface area contributed by atoms with E-state index in [0.717, 1.165) is 31.0 Å². The minimum absolute atomic E-state index is 0. The van der Waals surface area contributed by atoms with Crippen LogP contribution in [0.4, 0.5) is 16.3 Å². The minimum Gasteiger partial charge on any atom is -0.447 e. The number of halogens is 1. The topological polar surface area (TPSA) is 66.0 Å². The lowest BCUT2D eigenvalue weighted by Crippen LogP contribution is -2.49. The van der Waals surface area contributed by atoms with Crippen molar-refractivity contribution in [3.63, 3.8) is 0 Å². The predicted octanol–water partition coefficient (Wildman–Crippen LogP) is 3.68. The molecule has 1 aromatic heterocycles. The van der Waals surface area contributed by atoms with Crippen LogP contribution >= 0.6 is 12.4 Å². The van der Waals surface area contributed by atoms with E-state index in [-0.39, 0.29) is 30.4 Å². The van der Waals surface area contributed by atoms with Gasteiger partial charge in [0.1, 0.15) is 12.4 Å². The quantitative estimate of drug-likeness (QED) is 0.719. The fraction of sp³-hybridized carbons (Fsp3) is 0.435. The fourth-order valence-corrected chi connectivity index (χ4v) is 4.11. The SMILES string of the molecule is CCc1cc(C)cnc1N1CCN(C(=O)c2ccc(N3C(=O)OCC3C)cc2)CC1.Cl. The van der Waals surface area contributed by atoms with Crippen LogP contribution in [-0.2, 0) is 11.2 Å². The third-order valence-corrected chi connectivity index (χ3v) is 5.80. The van der Waals surface area contributed by atoms with Crippen LogP contribution in [0, 0.1) is 6.92 Å². The molecular weight excluding hydrogens is 416 g/mol. The smallest absolute Gasteiger partial charge is 0.414 e. The highest BCUT2D eigenvalue weighted by Gasteiger charge is 2.31. The second-order valence-corrected chi connectivity index (χ2v) is 7.97. The second kappa shape index (κ2) is 9.56. The molecule has 2 amide bonds. The number of rotatable bonds is 4. The van der Waals surface area contributed by atoms with Gasteiger partial charge in [-0.2, -0.15) is 0 Å². The molecule has 2 aromatic rings. The number of ether oxygens (including phenoxy) is 1. The van der Waals surface area contributed by atoms with Crippen LogP contribution in [0.3, 0.4) is 0 Å². The first-order valence-electron chi connectivity index (χ1n) is 10.5. The van der Waals surface area contributed by atoms with E-state index in [2.05, 4.69) is 29.8 Å². The van der Waals surface area contributed by atoms with Crippen LogP contribution in [0.2, 0.25) is 0 Å². The van der Waals surface area contributed by atoms with Gasteiger partial charge in [0.15, 0.2) is 0 Å². The van der Waals surface area contributed by atoms with Crippen molar-refractivity contribution in [1.29, 1.82) is 0 Å². The average molecular weight is 445 g/mol. The zero-order valence-corrected chi connectivity index (χ0v) is 19.0. The number of carbonyl (C=O) groups is 2. The molecule has 166 valence electrons. The standard InChI is InChI=1S/C23H28N4O3.ClH/c1-4-18-13-16(2)14-24-21(18)25-9-11-26(12-10-25)22(28)19-5-7-20(8-6-19)27-17(3)15-30-23(27)29;/h5-8,13-14,17H,4,9-12,15H2,1-3H3;1H. The molecule has 0 bridgehead atoms. The van der Waals surface area contributed by atoms with Gasteiger partial charge in [0.25, 0.3) is 5.91 Å². The Labute approximate surface area is 189 Å². The van der Waals surface area contributed by atoms with Crippen LogP contribution in [0.1, 0.15) is 35.3 Å². The molecule has 0 spiro atoms. The van der Waals surface area contributed by atoms with Crippen molar-refractivity contribution in [2.75, 3.05) is 42.6 Å². The highest BCUT2D eigenvalue weighted by Crippen LogP contribution is 2.25. The molecule has 2 saturated heterocycles. The van der Waals surface area contributed by atoms with Crippen molar-refractivity contribution < 1.29 is 14.3 Å². The summed E-state index contributed by atoms with van der Waals surface area (Å²) in [6.07, 6.45) is 2.51. The Morgan fingerprint density at radius 2 is 1.84 bits per heavy atom. The summed E-state index contributed by atoms with van der Waals surface area (Å²) in [7, 11) is 0. The summed E-state index contributed by atoms with van der Waals surface area (Å²) < 4.78 is 5.08. The molecular formula is C23H29ClN4O3. The molecule has 2 fully saturated rings. The van der Waals surface area contributed by atoms with E-state index < -0.39 is 0 Å². The molecule has 0 saturated carbocycles. The highest BCUT2D eigenvalue weighted by molar-refractivity contribution is 5.96. The first kappa shape index (κ1) is 22.9. The van der Waals surface area contributed by atoms with Crippen molar-refractivity contribution in [2.45, 2.75) is 33.2 Å². The summed E-state index contributed by atoms with van der Waals surface area (Å²) in [5, 5.41) is 0. The number of anilines is 2. The normalized spacial score (nSPS) is 18.6. The monoisotopic (exact) mass is 444 g/mol. The maximum Gasteiger partial charge on any atom is 0.414 e. The number of cyclic esters (lactones) is 1. The molecule has 1 aromatic carbocycles. The summed E-state index contributed by atoms with van der Waals surface area (Å²) >= 11 is 0. The molecule has 0 radical (unpaired) electrons. The van der Waals surface area contributed by atoms with Gasteiger partial charge in [-0.05, 0) is 55.7 Å². The lowest BCUT2D eigenvalue weighted by molar-refractivity contribution is 0.0746. The second-order valence-electron chi connectivity index (χ2n) is 7.97. The maximum atomic E-state index is 13.0. The third kappa shape index (κ3) is 4.61. The summed E-state index contributed by atoms with van der Waals surface area (Å²) in [5.74, 6) is 1.05. The van der Waals surface area contributed by atoms with E-state index in [0.29, 0.717) is 25.3 Å². The zero-order chi connectivity index (χ0) is 21.3. The molecule has 0 aliphatic carbocycles. The van der Waals surface area contributed by atoms with Crippen LogP contribution in [0.15, 0.2) is 36.5 Å². The Morgan fingerprint density at radius 1 is 1.16 bits per heavy atom.